The third kappa shape index (κ3) is 4.80. The zero-order valence-electron chi connectivity index (χ0n) is 18.9. The number of amides is 2. The van der Waals surface area contributed by atoms with E-state index in [0.29, 0.717) is 16.5 Å². The summed E-state index contributed by atoms with van der Waals surface area (Å²) in [6.07, 6.45) is 1.92. The highest BCUT2D eigenvalue weighted by atomic mass is 32.2. The number of aromatic nitrogens is 4. The van der Waals surface area contributed by atoms with Gasteiger partial charge in [0.1, 0.15) is 0 Å². The van der Waals surface area contributed by atoms with Gasteiger partial charge in [-0.25, -0.2) is 0 Å². The number of hydrogen-bond acceptors (Lipinski definition) is 5. The molecular weight excluding hydrogens is 460 g/mol. The number of nitrogens with zero attached hydrogens (tertiary/aromatic N) is 3. The van der Waals surface area contributed by atoms with Crippen molar-refractivity contribution in [2.75, 3.05) is 5.75 Å². The van der Waals surface area contributed by atoms with E-state index in [4.69, 9.17) is 0 Å². The van der Waals surface area contributed by atoms with Gasteiger partial charge in [-0.2, -0.15) is 0 Å². The molecule has 0 aliphatic heterocycles. The second kappa shape index (κ2) is 9.86. The summed E-state index contributed by atoms with van der Waals surface area (Å²) in [5.41, 5.74) is 9.27. The monoisotopic (exact) mass is 482 g/mol. The van der Waals surface area contributed by atoms with Crippen LogP contribution in [0.25, 0.3) is 28.0 Å². The van der Waals surface area contributed by atoms with Gasteiger partial charge in [0.2, 0.25) is 5.91 Å². The number of H-pyrrole nitrogens is 1. The lowest BCUT2D eigenvalue weighted by atomic mass is 10.1. The second-order valence-corrected chi connectivity index (χ2v) is 8.83. The van der Waals surface area contributed by atoms with Crippen LogP contribution in [-0.4, -0.2) is 37.3 Å². The molecule has 0 spiro atoms. The number of aryl methyl sites for hydroxylation is 1. The second-order valence-electron chi connectivity index (χ2n) is 7.89. The fourth-order valence-electron chi connectivity index (χ4n) is 3.75. The van der Waals surface area contributed by atoms with Gasteiger partial charge in [-0.3, -0.25) is 25.0 Å². The number of rotatable bonds is 6. The van der Waals surface area contributed by atoms with Crippen LogP contribution < -0.4 is 10.9 Å². The smallest absolute Gasteiger partial charge is 0.269 e. The van der Waals surface area contributed by atoms with E-state index in [1.165, 1.54) is 11.8 Å². The molecule has 5 rings (SSSR count). The molecule has 8 nitrogen and oxygen atoms in total. The lowest BCUT2D eigenvalue weighted by Gasteiger charge is -2.11. The summed E-state index contributed by atoms with van der Waals surface area (Å²) in [5.74, 6) is -0.0130. The van der Waals surface area contributed by atoms with Crippen LogP contribution in [-0.2, 0) is 4.79 Å². The molecule has 9 heteroatoms. The maximum Gasteiger partial charge on any atom is 0.269 e. The Hall–Kier alpha value is -4.37. The number of benzene rings is 3. The first-order valence-corrected chi connectivity index (χ1v) is 11.9. The number of hydrazine groups is 1. The van der Waals surface area contributed by atoms with Gasteiger partial charge in [0.05, 0.1) is 5.75 Å². The molecule has 0 aliphatic rings. The zero-order chi connectivity index (χ0) is 24.2. The molecule has 2 heterocycles. The molecule has 0 atom stereocenters. The highest BCUT2D eigenvalue weighted by Gasteiger charge is 2.20. The molecule has 0 fully saturated rings. The summed E-state index contributed by atoms with van der Waals surface area (Å²) in [4.78, 5) is 27.9. The third-order valence-electron chi connectivity index (χ3n) is 5.41. The topological polar surface area (TPSA) is 105 Å². The van der Waals surface area contributed by atoms with Crippen molar-refractivity contribution in [1.29, 1.82) is 0 Å². The van der Waals surface area contributed by atoms with Gasteiger partial charge in [-0.1, -0.05) is 60.3 Å². The van der Waals surface area contributed by atoms with Crippen molar-refractivity contribution in [2.45, 2.75) is 12.1 Å². The van der Waals surface area contributed by atoms with Crippen LogP contribution in [0.2, 0.25) is 0 Å². The Morgan fingerprint density at radius 3 is 2.57 bits per heavy atom. The van der Waals surface area contributed by atoms with Gasteiger partial charge < -0.3 is 4.98 Å². The summed E-state index contributed by atoms with van der Waals surface area (Å²) in [6.45, 7) is 2.02. The minimum absolute atomic E-state index is 0.0485. The summed E-state index contributed by atoms with van der Waals surface area (Å²) in [6, 6.07) is 24.7. The fraction of sp³-hybridized carbons (Fsp3) is 0.0769. The number of carbonyl (C=O) groups excluding carboxylic acids is 2. The number of thioether (sulfide) groups is 1. The van der Waals surface area contributed by atoms with Crippen LogP contribution in [0.4, 0.5) is 0 Å². The molecule has 0 radical (unpaired) electrons. The van der Waals surface area contributed by atoms with Gasteiger partial charge in [0.25, 0.3) is 5.91 Å². The van der Waals surface area contributed by atoms with Crippen molar-refractivity contribution in [3.05, 3.63) is 96.2 Å². The van der Waals surface area contributed by atoms with Crippen molar-refractivity contribution in [1.82, 2.24) is 30.6 Å². The lowest BCUT2D eigenvalue weighted by Crippen LogP contribution is -2.42. The van der Waals surface area contributed by atoms with E-state index in [0.717, 1.165) is 27.7 Å². The molecule has 0 aliphatic carbocycles. The average molecular weight is 483 g/mol. The Morgan fingerprint density at radius 2 is 1.74 bits per heavy atom. The molecule has 0 bridgehead atoms. The molecule has 2 aromatic heterocycles. The standard InChI is InChI=1S/C26H22N6O2S/c1-17-8-7-11-19(14-17)32-24(21-15-27-22-13-6-5-12-20(21)22)29-31-26(32)35-16-23(33)28-30-25(34)18-9-3-2-4-10-18/h2-15,27H,16H2,1H3,(H,28,33)(H,30,34). The first-order valence-electron chi connectivity index (χ1n) is 11.0. The molecule has 5 aromatic rings. The maximum absolute atomic E-state index is 12.5. The number of carbonyl (C=O) groups is 2. The molecule has 3 aromatic carbocycles. The Morgan fingerprint density at radius 1 is 0.943 bits per heavy atom. The SMILES string of the molecule is Cc1cccc(-n2c(SCC(=O)NNC(=O)c3ccccc3)nnc2-c2c[nH]c3ccccc23)c1. The lowest BCUT2D eigenvalue weighted by molar-refractivity contribution is -0.119. The Labute approximate surface area is 205 Å². The highest BCUT2D eigenvalue weighted by molar-refractivity contribution is 7.99. The van der Waals surface area contributed by atoms with Gasteiger partial charge in [0.15, 0.2) is 11.0 Å². The summed E-state index contributed by atoms with van der Waals surface area (Å²) in [7, 11) is 0. The number of aromatic amines is 1. The third-order valence-corrected chi connectivity index (χ3v) is 6.34. The number of hydrogen-bond donors (Lipinski definition) is 3. The van der Waals surface area contributed by atoms with E-state index >= 15 is 0 Å². The highest BCUT2D eigenvalue weighted by Crippen LogP contribution is 2.32. The van der Waals surface area contributed by atoms with Crippen molar-refractivity contribution < 1.29 is 9.59 Å². The van der Waals surface area contributed by atoms with Crippen molar-refractivity contribution in [3.63, 3.8) is 0 Å². The predicted molar refractivity (Wildman–Crippen MR) is 136 cm³/mol. The Balaban J connectivity index is 1.38. The van der Waals surface area contributed by atoms with Crippen LogP contribution in [0.15, 0.2) is 90.2 Å². The van der Waals surface area contributed by atoms with Gasteiger partial charge >= 0.3 is 0 Å². The summed E-state index contributed by atoms with van der Waals surface area (Å²) >= 11 is 1.24. The normalized spacial score (nSPS) is 10.9. The Kier molecular flexibility index (Phi) is 6.32. The van der Waals surface area contributed by atoms with E-state index in [2.05, 4.69) is 26.0 Å². The molecule has 35 heavy (non-hydrogen) atoms. The first-order chi connectivity index (χ1) is 17.1. The van der Waals surface area contributed by atoms with Crippen LogP contribution in [0.3, 0.4) is 0 Å². The summed E-state index contributed by atoms with van der Waals surface area (Å²) < 4.78 is 1.95. The number of nitrogens with one attached hydrogen (secondary N) is 3. The van der Waals surface area contributed by atoms with Crippen molar-refractivity contribution in [2.24, 2.45) is 0 Å². The van der Waals surface area contributed by atoms with E-state index in [1.54, 1.807) is 24.3 Å². The predicted octanol–water partition coefficient (Wildman–Crippen LogP) is 4.28. The quantitative estimate of drug-likeness (QED) is 0.248. The van der Waals surface area contributed by atoms with E-state index in [9.17, 15) is 9.59 Å². The van der Waals surface area contributed by atoms with Crippen molar-refractivity contribution >= 4 is 34.5 Å². The molecule has 0 unspecified atom stereocenters. The molecule has 3 N–H and O–H groups in total. The minimum Gasteiger partial charge on any atom is -0.360 e. The van der Waals surface area contributed by atoms with Gasteiger partial charge in [0, 0.05) is 33.9 Å². The number of fused-ring (bicyclic) bond motifs is 1. The largest absolute Gasteiger partial charge is 0.360 e. The van der Waals surface area contributed by atoms with E-state index in [-0.39, 0.29) is 17.6 Å². The first kappa shape index (κ1) is 22.4. The fourth-order valence-corrected chi connectivity index (χ4v) is 4.50. The molecular formula is C26H22N6O2S. The van der Waals surface area contributed by atoms with Gasteiger partial charge in [-0.05, 0) is 42.8 Å². The van der Waals surface area contributed by atoms with Crippen LogP contribution in [0.1, 0.15) is 15.9 Å². The van der Waals surface area contributed by atoms with E-state index < -0.39 is 0 Å². The minimum atomic E-state index is -0.381. The number of para-hydroxylation sites is 1. The van der Waals surface area contributed by atoms with Crippen molar-refractivity contribution in [3.8, 4) is 17.1 Å². The van der Waals surface area contributed by atoms with Crippen LogP contribution in [0.5, 0.6) is 0 Å². The van der Waals surface area contributed by atoms with E-state index in [1.807, 2.05) is 72.3 Å². The molecule has 0 saturated carbocycles. The van der Waals surface area contributed by atoms with Gasteiger partial charge in [-0.15, -0.1) is 10.2 Å². The molecule has 174 valence electrons. The molecule has 0 saturated heterocycles. The van der Waals surface area contributed by atoms with Crippen LogP contribution in [0, 0.1) is 6.92 Å². The van der Waals surface area contributed by atoms with Crippen LogP contribution >= 0.6 is 11.8 Å². The zero-order valence-corrected chi connectivity index (χ0v) is 19.7. The average Bonchev–Trinajstić information content (AvgIpc) is 3.50. The summed E-state index contributed by atoms with van der Waals surface area (Å²) in [5, 5.41) is 10.5. The molecule has 2 amide bonds. The Bertz CT molecular complexity index is 1510. The maximum atomic E-state index is 12.5.